The molecule has 0 unspecified atom stereocenters. The molecule has 148 valence electrons. The largest absolute Gasteiger partial charge is 0.356 e. The summed E-state index contributed by atoms with van der Waals surface area (Å²) >= 11 is 0. The molecule has 0 saturated carbocycles. The average Bonchev–Trinajstić information content (AvgIpc) is 3.30. The molecule has 0 aromatic heterocycles. The van der Waals surface area contributed by atoms with Gasteiger partial charge in [0.1, 0.15) is 0 Å². The molecule has 0 amide bonds. The SMILES string of the molecule is O=S(=O)(c1ccc(N=Cc2ccc(Nc3ccccc3)cc2)cc1)N1CCCC1. The van der Waals surface area contributed by atoms with Crippen molar-refractivity contribution in [3.05, 3.63) is 84.4 Å². The van der Waals surface area contributed by atoms with E-state index in [9.17, 15) is 8.42 Å². The molecule has 3 aromatic rings. The maximum atomic E-state index is 12.6. The Balaban J connectivity index is 1.41. The first-order valence-electron chi connectivity index (χ1n) is 9.68. The van der Waals surface area contributed by atoms with E-state index in [0.29, 0.717) is 18.0 Å². The van der Waals surface area contributed by atoms with Crippen LogP contribution in [-0.2, 0) is 10.0 Å². The Morgan fingerprint density at radius 1 is 0.793 bits per heavy atom. The van der Waals surface area contributed by atoms with E-state index in [0.717, 1.165) is 35.5 Å². The van der Waals surface area contributed by atoms with E-state index >= 15 is 0 Å². The smallest absolute Gasteiger partial charge is 0.243 e. The van der Waals surface area contributed by atoms with Crippen LogP contribution in [0.1, 0.15) is 18.4 Å². The fourth-order valence-electron chi connectivity index (χ4n) is 3.27. The van der Waals surface area contributed by atoms with Crippen LogP contribution in [0.15, 0.2) is 88.8 Å². The summed E-state index contributed by atoms with van der Waals surface area (Å²) < 4.78 is 26.7. The Hall–Kier alpha value is -2.96. The molecule has 4 rings (SSSR count). The summed E-state index contributed by atoms with van der Waals surface area (Å²) in [6.45, 7) is 1.22. The van der Waals surface area contributed by atoms with Gasteiger partial charge in [0.25, 0.3) is 0 Å². The Morgan fingerprint density at radius 3 is 2.07 bits per heavy atom. The standard InChI is InChI=1S/C23H23N3O2S/c27-29(28,26-16-4-5-17-26)23-14-12-20(13-15-23)24-18-19-8-10-22(11-9-19)25-21-6-2-1-3-7-21/h1-3,6-15,18,25H,4-5,16-17H2. The van der Waals surface area contributed by atoms with Gasteiger partial charge in [-0.1, -0.05) is 30.3 Å². The van der Waals surface area contributed by atoms with E-state index in [1.54, 1.807) is 34.8 Å². The van der Waals surface area contributed by atoms with Crippen LogP contribution in [0.3, 0.4) is 0 Å². The van der Waals surface area contributed by atoms with Crippen LogP contribution in [0, 0.1) is 0 Å². The highest BCUT2D eigenvalue weighted by atomic mass is 32.2. The highest BCUT2D eigenvalue weighted by Gasteiger charge is 2.26. The second-order valence-electron chi connectivity index (χ2n) is 6.98. The lowest BCUT2D eigenvalue weighted by Gasteiger charge is -2.15. The summed E-state index contributed by atoms with van der Waals surface area (Å²) in [6, 6.07) is 24.7. The number of nitrogens with zero attached hydrogens (tertiary/aromatic N) is 2. The molecule has 0 spiro atoms. The van der Waals surface area contributed by atoms with Crippen molar-refractivity contribution in [1.29, 1.82) is 0 Å². The summed E-state index contributed by atoms with van der Waals surface area (Å²) in [5.41, 5.74) is 3.73. The lowest BCUT2D eigenvalue weighted by atomic mass is 10.2. The molecule has 1 heterocycles. The van der Waals surface area contributed by atoms with Gasteiger partial charge in [0.15, 0.2) is 0 Å². The number of rotatable bonds is 6. The van der Waals surface area contributed by atoms with Crippen LogP contribution < -0.4 is 5.32 Å². The first-order chi connectivity index (χ1) is 14.1. The molecule has 0 atom stereocenters. The lowest BCUT2D eigenvalue weighted by Crippen LogP contribution is -2.27. The molecular formula is C23H23N3O2S. The highest BCUT2D eigenvalue weighted by Crippen LogP contribution is 2.23. The zero-order valence-electron chi connectivity index (χ0n) is 16.0. The Kier molecular flexibility index (Phi) is 5.74. The molecule has 6 heteroatoms. The summed E-state index contributed by atoms with van der Waals surface area (Å²) in [7, 11) is -3.38. The monoisotopic (exact) mass is 405 g/mol. The van der Waals surface area contributed by atoms with E-state index in [1.807, 2.05) is 54.6 Å². The third-order valence-electron chi connectivity index (χ3n) is 4.88. The van der Waals surface area contributed by atoms with E-state index in [4.69, 9.17) is 0 Å². The van der Waals surface area contributed by atoms with Crippen molar-refractivity contribution in [2.24, 2.45) is 4.99 Å². The van der Waals surface area contributed by atoms with Crippen molar-refractivity contribution >= 4 is 33.3 Å². The topological polar surface area (TPSA) is 61.8 Å². The van der Waals surface area contributed by atoms with Crippen LogP contribution in [0.4, 0.5) is 17.1 Å². The molecular weight excluding hydrogens is 382 g/mol. The minimum atomic E-state index is -3.38. The van der Waals surface area contributed by atoms with Gasteiger partial charge >= 0.3 is 0 Å². The molecule has 29 heavy (non-hydrogen) atoms. The summed E-state index contributed by atoms with van der Waals surface area (Å²) in [5.74, 6) is 0. The fourth-order valence-corrected chi connectivity index (χ4v) is 4.79. The number of sulfonamides is 1. The van der Waals surface area contributed by atoms with Gasteiger partial charge in [-0.3, -0.25) is 4.99 Å². The van der Waals surface area contributed by atoms with Gasteiger partial charge < -0.3 is 5.32 Å². The van der Waals surface area contributed by atoms with E-state index in [-0.39, 0.29) is 0 Å². The molecule has 1 saturated heterocycles. The maximum absolute atomic E-state index is 12.6. The molecule has 5 nitrogen and oxygen atoms in total. The van der Waals surface area contributed by atoms with Crippen molar-refractivity contribution in [1.82, 2.24) is 4.31 Å². The number of hydrogen-bond acceptors (Lipinski definition) is 4. The van der Waals surface area contributed by atoms with Crippen LogP contribution in [0.25, 0.3) is 0 Å². The highest BCUT2D eigenvalue weighted by molar-refractivity contribution is 7.89. The van der Waals surface area contributed by atoms with Crippen molar-refractivity contribution in [3.63, 3.8) is 0 Å². The van der Waals surface area contributed by atoms with Gasteiger partial charge in [-0.15, -0.1) is 0 Å². The molecule has 0 radical (unpaired) electrons. The minimum absolute atomic E-state index is 0.328. The summed E-state index contributed by atoms with van der Waals surface area (Å²) in [4.78, 5) is 4.79. The van der Waals surface area contributed by atoms with Gasteiger partial charge in [0.2, 0.25) is 10.0 Å². The van der Waals surface area contributed by atoms with E-state index < -0.39 is 10.0 Å². The minimum Gasteiger partial charge on any atom is -0.356 e. The van der Waals surface area contributed by atoms with Crippen LogP contribution in [-0.4, -0.2) is 32.0 Å². The lowest BCUT2D eigenvalue weighted by molar-refractivity contribution is 0.477. The molecule has 1 aliphatic rings. The summed E-state index contributed by atoms with van der Waals surface area (Å²) in [6.07, 6.45) is 3.64. The van der Waals surface area contributed by atoms with Crippen molar-refractivity contribution < 1.29 is 8.42 Å². The fraction of sp³-hybridized carbons (Fsp3) is 0.174. The quantitative estimate of drug-likeness (QED) is 0.589. The molecule has 0 aliphatic carbocycles. The Morgan fingerprint density at radius 2 is 1.41 bits per heavy atom. The van der Waals surface area contributed by atoms with Crippen molar-refractivity contribution in [2.45, 2.75) is 17.7 Å². The molecule has 1 N–H and O–H groups in total. The Labute approximate surface area is 171 Å². The molecule has 3 aromatic carbocycles. The Bertz CT molecular complexity index is 1070. The van der Waals surface area contributed by atoms with Crippen molar-refractivity contribution in [2.75, 3.05) is 18.4 Å². The number of hydrogen-bond donors (Lipinski definition) is 1. The van der Waals surface area contributed by atoms with Gasteiger partial charge in [0, 0.05) is 30.7 Å². The number of aliphatic imine (C=N–C) groups is 1. The van der Waals surface area contributed by atoms with E-state index in [2.05, 4.69) is 10.3 Å². The molecule has 0 bridgehead atoms. The number of benzene rings is 3. The first kappa shape index (κ1) is 19.4. The average molecular weight is 406 g/mol. The molecule has 1 fully saturated rings. The third kappa shape index (κ3) is 4.72. The van der Waals surface area contributed by atoms with Gasteiger partial charge in [-0.2, -0.15) is 4.31 Å². The second kappa shape index (κ2) is 8.59. The number of anilines is 2. The van der Waals surface area contributed by atoms with Crippen molar-refractivity contribution in [3.8, 4) is 0 Å². The van der Waals surface area contributed by atoms with Gasteiger partial charge in [-0.05, 0) is 66.9 Å². The second-order valence-corrected chi connectivity index (χ2v) is 8.91. The number of nitrogens with one attached hydrogen (secondary N) is 1. The first-order valence-corrected chi connectivity index (χ1v) is 11.1. The van der Waals surface area contributed by atoms with E-state index in [1.165, 1.54) is 0 Å². The number of para-hydroxylation sites is 1. The third-order valence-corrected chi connectivity index (χ3v) is 6.79. The van der Waals surface area contributed by atoms with Gasteiger partial charge in [0.05, 0.1) is 10.6 Å². The zero-order valence-corrected chi connectivity index (χ0v) is 16.8. The van der Waals surface area contributed by atoms with Crippen LogP contribution >= 0.6 is 0 Å². The van der Waals surface area contributed by atoms with Crippen LogP contribution in [0.2, 0.25) is 0 Å². The summed E-state index contributed by atoms with van der Waals surface area (Å²) in [5, 5.41) is 3.34. The normalized spacial score (nSPS) is 15.0. The van der Waals surface area contributed by atoms with Crippen LogP contribution in [0.5, 0.6) is 0 Å². The predicted molar refractivity (Wildman–Crippen MR) is 118 cm³/mol. The molecule has 1 aliphatic heterocycles. The predicted octanol–water partition coefficient (Wildman–Crippen LogP) is 4.97. The zero-order chi connectivity index (χ0) is 20.1. The maximum Gasteiger partial charge on any atom is 0.243 e. The van der Waals surface area contributed by atoms with Gasteiger partial charge in [-0.25, -0.2) is 8.42 Å².